The van der Waals surface area contributed by atoms with E-state index in [0.29, 0.717) is 18.7 Å². The summed E-state index contributed by atoms with van der Waals surface area (Å²) in [4.78, 5) is 57.7. The summed E-state index contributed by atoms with van der Waals surface area (Å²) in [5.74, 6) is -1.17. The minimum atomic E-state index is -4.55. The highest BCUT2D eigenvalue weighted by Gasteiger charge is 2.49. The predicted octanol–water partition coefficient (Wildman–Crippen LogP) is 3.83. The number of hydrogen-bond acceptors (Lipinski definition) is 6. The minimum absolute atomic E-state index is 0.000509. The number of fused-ring (bicyclic) bond motifs is 1. The summed E-state index contributed by atoms with van der Waals surface area (Å²) >= 11 is 0. The van der Waals surface area contributed by atoms with Crippen LogP contribution in [0.1, 0.15) is 54.4 Å². The summed E-state index contributed by atoms with van der Waals surface area (Å²) in [7, 11) is 0. The molecular formula is C31H36F3N5O5. The van der Waals surface area contributed by atoms with E-state index < -0.39 is 48.5 Å². The number of aryl methyl sites for hydroxylation is 1. The molecule has 0 unspecified atom stereocenters. The van der Waals surface area contributed by atoms with E-state index >= 15 is 0 Å². The molecule has 3 heterocycles. The Morgan fingerprint density at radius 3 is 2.41 bits per heavy atom. The van der Waals surface area contributed by atoms with Crippen molar-refractivity contribution < 1.29 is 37.1 Å². The molecule has 44 heavy (non-hydrogen) atoms. The molecule has 10 nitrogen and oxygen atoms in total. The Balaban J connectivity index is 1.36. The first-order valence-electron chi connectivity index (χ1n) is 14.8. The molecular weight excluding hydrogens is 579 g/mol. The number of carbonyl (C=O) groups is 4. The van der Waals surface area contributed by atoms with Crippen LogP contribution in [-0.4, -0.2) is 81.9 Å². The maximum absolute atomic E-state index is 13.8. The number of halogens is 3. The minimum Gasteiger partial charge on any atom is -0.444 e. The van der Waals surface area contributed by atoms with Gasteiger partial charge in [0.15, 0.2) is 0 Å². The number of hydrogen-bond donors (Lipinski definition) is 1. The SMILES string of the molecule is Cc1cc(COC(=O)N2CCC(=O)N3[C@@H]2CN(Cc2ccccc2)C(=O)[C@@H]3CC(=O)NN2CCCCC2)cc(C(F)(F)F)c1. The zero-order valence-corrected chi connectivity index (χ0v) is 24.5. The van der Waals surface area contributed by atoms with Crippen LogP contribution in [0.2, 0.25) is 0 Å². The summed E-state index contributed by atoms with van der Waals surface area (Å²) in [5, 5.41) is 1.82. The molecule has 0 spiro atoms. The summed E-state index contributed by atoms with van der Waals surface area (Å²) in [5.41, 5.74) is 3.39. The first kappa shape index (κ1) is 31.3. The van der Waals surface area contributed by atoms with Gasteiger partial charge in [0.05, 0.1) is 18.5 Å². The number of carbonyl (C=O) groups excluding carboxylic acids is 4. The molecule has 13 heteroatoms. The van der Waals surface area contributed by atoms with Crippen molar-refractivity contribution in [2.75, 3.05) is 26.2 Å². The molecule has 0 radical (unpaired) electrons. The molecule has 236 valence electrons. The van der Waals surface area contributed by atoms with Crippen molar-refractivity contribution in [2.24, 2.45) is 0 Å². The zero-order valence-electron chi connectivity index (χ0n) is 24.5. The van der Waals surface area contributed by atoms with Crippen molar-refractivity contribution in [1.82, 2.24) is 25.1 Å². The van der Waals surface area contributed by atoms with E-state index in [1.54, 1.807) is 0 Å². The molecule has 0 saturated carbocycles. The third-order valence-electron chi connectivity index (χ3n) is 8.15. The second-order valence-corrected chi connectivity index (χ2v) is 11.5. The van der Waals surface area contributed by atoms with E-state index in [4.69, 9.17) is 4.74 Å². The van der Waals surface area contributed by atoms with E-state index in [0.717, 1.165) is 37.0 Å². The summed E-state index contributed by atoms with van der Waals surface area (Å²) in [6.45, 7) is 2.70. The van der Waals surface area contributed by atoms with Crippen LogP contribution in [0, 0.1) is 6.92 Å². The van der Waals surface area contributed by atoms with Gasteiger partial charge in [-0.2, -0.15) is 13.2 Å². The number of ether oxygens (including phenoxy) is 1. The molecule has 3 aliphatic rings. The molecule has 0 aliphatic carbocycles. The van der Waals surface area contributed by atoms with Crippen LogP contribution in [0.3, 0.4) is 0 Å². The van der Waals surface area contributed by atoms with Gasteiger partial charge in [-0.25, -0.2) is 9.80 Å². The average Bonchev–Trinajstić information content (AvgIpc) is 2.98. The quantitative estimate of drug-likeness (QED) is 0.508. The Labute approximate surface area is 253 Å². The fraction of sp³-hybridized carbons (Fsp3) is 0.484. The maximum Gasteiger partial charge on any atom is 0.416 e. The standard InChI is InChI=1S/C31H36F3N5O5/c1-21-14-23(16-24(15-21)31(32,33)34)20-44-30(43)38-13-10-28(41)39-25(17-26(40)35-37-11-6-3-7-12-37)29(42)36(19-27(38)39)18-22-8-4-2-5-9-22/h2,4-5,8-9,14-16,25,27H,3,6-7,10-13,17-20H2,1H3,(H,35,40)/t25-,27+/m0/s1. The lowest BCUT2D eigenvalue weighted by Crippen LogP contribution is -2.71. The van der Waals surface area contributed by atoms with E-state index in [1.165, 1.54) is 27.7 Å². The van der Waals surface area contributed by atoms with Crippen molar-refractivity contribution in [2.45, 2.75) is 70.6 Å². The van der Waals surface area contributed by atoms with Gasteiger partial charge in [0.25, 0.3) is 0 Å². The van der Waals surface area contributed by atoms with Crippen molar-refractivity contribution >= 4 is 23.8 Å². The number of nitrogens with one attached hydrogen (secondary N) is 1. The van der Waals surface area contributed by atoms with Gasteiger partial charge in [0.1, 0.15) is 18.8 Å². The Bertz CT molecular complexity index is 1380. The van der Waals surface area contributed by atoms with Gasteiger partial charge in [-0.1, -0.05) is 48.4 Å². The van der Waals surface area contributed by atoms with Gasteiger partial charge >= 0.3 is 12.3 Å². The number of rotatable bonds is 7. The highest BCUT2D eigenvalue weighted by atomic mass is 19.4. The number of amides is 4. The second kappa shape index (κ2) is 13.2. The van der Waals surface area contributed by atoms with E-state index in [2.05, 4.69) is 5.43 Å². The van der Waals surface area contributed by atoms with Crippen LogP contribution < -0.4 is 5.43 Å². The van der Waals surface area contributed by atoms with Crippen molar-refractivity contribution in [3.05, 3.63) is 70.8 Å². The van der Waals surface area contributed by atoms with Gasteiger partial charge < -0.3 is 14.5 Å². The second-order valence-electron chi connectivity index (χ2n) is 11.5. The summed E-state index contributed by atoms with van der Waals surface area (Å²) in [6.07, 6.45) is -3.71. The molecule has 3 aliphatic heterocycles. The first-order valence-corrected chi connectivity index (χ1v) is 14.8. The Kier molecular flexibility index (Phi) is 9.42. The maximum atomic E-state index is 13.8. The number of piperazine rings is 1. The molecule has 0 aromatic heterocycles. The van der Waals surface area contributed by atoms with E-state index in [1.807, 2.05) is 35.3 Å². The Morgan fingerprint density at radius 1 is 0.977 bits per heavy atom. The average molecular weight is 616 g/mol. The summed E-state index contributed by atoms with van der Waals surface area (Å²) < 4.78 is 45.4. The van der Waals surface area contributed by atoms with E-state index in [-0.39, 0.29) is 43.9 Å². The molecule has 2 aromatic rings. The fourth-order valence-corrected chi connectivity index (χ4v) is 6.08. The third kappa shape index (κ3) is 7.32. The highest BCUT2D eigenvalue weighted by molar-refractivity contribution is 5.94. The lowest BCUT2D eigenvalue weighted by molar-refractivity contribution is -0.170. The first-order chi connectivity index (χ1) is 21.0. The fourth-order valence-electron chi connectivity index (χ4n) is 6.08. The molecule has 2 aromatic carbocycles. The third-order valence-corrected chi connectivity index (χ3v) is 8.15. The monoisotopic (exact) mass is 615 g/mol. The molecule has 3 fully saturated rings. The highest BCUT2D eigenvalue weighted by Crippen LogP contribution is 2.32. The van der Waals surface area contributed by atoms with Crippen LogP contribution in [0.25, 0.3) is 0 Å². The molecule has 4 amide bonds. The predicted molar refractivity (Wildman–Crippen MR) is 152 cm³/mol. The molecule has 0 bridgehead atoms. The molecule has 5 rings (SSSR count). The van der Waals surface area contributed by atoms with Gasteiger partial charge in [0.2, 0.25) is 17.7 Å². The Hall–Kier alpha value is -4.13. The van der Waals surface area contributed by atoms with Gasteiger partial charge in [0, 0.05) is 32.6 Å². The molecule has 2 atom stereocenters. The van der Waals surface area contributed by atoms with Gasteiger partial charge in [-0.3, -0.25) is 24.7 Å². The van der Waals surface area contributed by atoms with Crippen LogP contribution in [0.4, 0.5) is 18.0 Å². The number of alkyl halides is 3. The summed E-state index contributed by atoms with van der Waals surface area (Å²) in [6, 6.07) is 11.5. The smallest absolute Gasteiger partial charge is 0.416 e. The van der Waals surface area contributed by atoms with E-state index in [9.17, 15) is 32.3 Å². The van der Waals surface area contributed by atoms with Gasteiger partial charge in [-0.15, -0.1) is 0 Å². The lowest BCUT2D eigenvalue weighted by atomic mass is 10.0. The molecule has 3 saturated heterocycles. The van der Waals surface area contributed by atoms with Crippen molar-refractivity contribution in [3.8, 4) is 0 Å². The Morgan fingerprint density at radius 2 is 1.70 bits per heavy atom. The topological polar surface area (TPSA) is 102 Å². The number of benzene rings is 2. The van der Waals surface area contributed by atoms with Crippen LogP contribution in [-0.2, 0) is 38.4 Å². The van der Waals surface area contributed by atoms with Crippen LogP contribution in [0.5, 0.6) is 0 Å². The van der Waals surface area contributed by atoms with Gasteiger partial charge in [-0.05, 0) is 43.0 Å². The number of piperidine rings is 1. The number of nitrogens with zero attached hydrogens (tertiary/aromatic N) is 4. The normalized spacial score (nSPS) is 21.2. The van der Waals surface area contributed by atoms with Crippen molar-refractivity contribution in [3.63, 3.8) is 0 Å². The van der Waals surface area contributed by atoms with Crippen LogP contribution in [0.15, 0.2) is 48.5 Å². The van der Waals surface area contributed by atoms with Crippen molar-refractivity contribution in [1.29, 1.82) is 0 Å². The lowest BCUT2D eigenvalue weighted by Gasteiger charge is -2.51. The van der Waals surface area contributed by atoms with Crippen LogP contribution >= 0.6 is 0 Å². The largest absolute Gasteiger partial charge is 0.444 e. The zero-order chi connectivity index (χ0) is 31.4. The number of hydrazine groups is 1. The molecule has 1 N–H and O–H groups in total.